The zero-order valence-corrected chi connectivity index (χ0v) is 18.0. The quantitative estimate of drug-likeness (QED) is 0.674. The molecule has 1 aliphatic rings. The predicted molar refractivity (Wildman–Crippen MR) is 118 cm³/mol. The van der Waals surface area contributed by atoms with E-state index in [-0.39, 0.29) is 24.4 Å². The normalized spacial score (nSPS) is 15.3. The highest BCUT2D eigenvalue weighted by atomic mass is 35.5. The van der Waals surface area contributed by atoms with Crippen molar-refractivity contribution in [1.29, 1.82) is 0 Å². The highest BCUT2D eigenvalue weighted by Gasteiger charge is 2.23. The lowest BCUT2D eigenvalue weighted by molar-refractivity contribution is -0.120. The summed E-state index contributed by atoms with van der Waals surface area (Å²) in [6, 6.07) is 14.7. The van der Waals surface area contributed by atoms with Crippen LogP contribution in [-0.4, -0.2) is 50.0 Å². The fraction of sp³-hybridized carbons (Fsp3) is 0.391. The maximum atomic E-state index is 12.4. The second kappa shape index (κ2) is 11.0. The molecule has 2 aromatic rings. The molecule has 1 heterocycles. The highest BCUT2D eigenvalue weighted by Crippen LogP contribution is 2.25. The first kappa shape index (κ1) is 22.1. The van der Waals surface area contributed by atoms with Gasteiger partial charge in [-0.1, -0.05) is 36.2 Å². The minimum atomic E-state index is -0.324. The fourth-order valence-electron chi connectivity index (χ4n) is 3.68. The third kappa shape index (κ3) is 6.21. The highest BCUT2D eigenvalue weighted by molar-refractivity contribution is 6.30. The molecule has 6 nitrogen and oxygen atoms in total. The summed E-state index contributed by atoms with van der Waals surface area (Å²) in [5.41, 5.74) is 1.57. The number of hydrogen-bond donors (Lipinski definition) is 2. The van der Waals surface area contributed by atoms with Gasteiger partial charge < -0.3 is 15.4 Å². The smallest absolute Gasteiger partial charge is 0.251 e. The Balaban J connectivity index is 1.57. The average Bonchev–Trinajstić information content (AvgIpc) is 2.78. The predicted octanol–water partition coefficient (Wildman–Crippen LogP) is 3.42. The Kier molecular flexibility index (Phi) is 8.11. The first-order valence-electron chi connectivity index (χ1n) is 10.3. The van der Waals surface area contributed by atoms with E-state index < -0.39 is 0 Å². The molecular weight excluding hydrogens is 402 g/mol. The molecule has 2 aromatic carbocycles. The summed E-state index contributed by atoms with van der Waals surface area (Å²) in [6.07, 6.45) is 3.57. The number of methoxy groups -OCH3 is 1. The molecule has 2 amide bonds. The lowest BCUT2D eigenvalue weighted by Crippen LogP contribution is -2.43. The van der Waals surface area contributed by atoms with Crippen molar-refractivity contribution in [2.45, 2.75) is 25.3 Å². The van der Waals surface area contributed by atoms with Crippen LogP contribution in [0.3, 0.4) is 0 Å². The Morgan fingerprint density at radius 1 is 1.07 bits per heavy atom. The number of nitrogens with zero attached hydrogens (tertiary/aromatic N) is 1. The zero-order chi connectivity index (χ0) is 21.3. The van der Waals surface area contributed by atoms with Crippen LogP contribution in [0.4, 0.5) is 0 Å². The second-order valence-corrected chi connectivity index (χ2v) is 7.82. The van der Waals surface area contributed by atoms with Gasteiger partial charge >= 0.3 is 0 Å². The summed E-state index contributed by atoms with van der Waals surface area (Å²) in [7, 11) is 1.65. The third-order valence-electron chi connectivity index (χ3n) is 5.32. The van der Waals surface area contributed by atoms with Crippen LogP contribution in [0.15, 0.2) is 48.5 Å². The molecule has 1 aliphatic heterocycles. The number of ether oxygens (including phenoxy) is 1. The number of carbonyl (C=O) groups excluding carboxylic acids is 2. The van der Waals surface area contributed by atoms with Gasteiger partial charge in [0, 0.05) is 17.1 Å². The Bertz CT molecular complexity index is 851. The van der Waals surface area contributed by atoms with Gasteiger partial charge in [-0.25, -0.2) is 0 Å². The molecule has 0 aromatic heterocycles. The SMILES string of the molecule is COc1ccc(C(CNC(=O)CNC(=O)c2cccc(Cl)c2)N2CCCCC2)cc1. The Morgan fingerprint density at radius 3 is 2.47 bits per heavy atom. The number of hydrogen-bond acceptors (Lipinski definition) is 4. The summed E-state index contributed by atoms with van der Waals surface area (Å²) >= 11 is 5.92. The number of carbonyl (C=O) groups is 2. The van der Waals surface area contributed by atoms with Gasteiger partial charge in [-0.15, -0.1) is 0 Å². The molecule has 30 heavy (non-hydrogen) atoms. The first-order chi connectivity index (χ1) is 14.6. The second-order valence-electron chi connectivity index (χ2n) is 7.38. The van der Waals surface area contributed by atoms with E-state index >= 15 is 0 Å². The molecule has 3 rings (SSSR count). The van der Waals surface area contributed by atoms with Gasteiger partial charge in [0.15, 0.2) is 0 Å². The molecule has 160 valence electrons. The number of likely N-dealkylation sites (tertiary alicyclic amines) is 1. The summed E-state index contributed by atoms with van der Waals surface area (Å²) in [5, 5.41) is 6.10. The number of nitrogens with one attached hydrogen (secondary N) is 2. The van der Waals surface area contributed by atoms with Crippen molar-refractivity contribution in [2.75, 3.05) is 33.3 Å². The number of halogens is 1. The van der Waals surface area contributed by atoms with Crippen molar-refractivity contribution in [3.05, 3.63) is 64.7 Å². The van der Waals surface area contributed by atoms with E-state index in [1.54, 1.807) is 31.4 Å². The van der Waals surface area contributed by atoms with Crippen molar-refractivity contribution in [1.82, 2.24) is 15.5 Å². The minimum Gasteiger partial charge on any atom is -0.497 e. The molecule has 0 radical (unpaired) electrons. The molecule has 0 saturated carbocycles. The van der Waals surface area contributed by atoms with Crippen LogP contribution in [0.25, 0.3) is 0 Å². The van der Waals surface area contributed by atoms with Crippen LogP contribution in [0, 0.1) is 0 Å². The molecule has 7 heteroatoms. The van der Waals surface area contributed by atoms with Gasteiger partial charge in [0.25, 0.3) is 5.91 Å². The molecule has 1 saturated heterocycles. The van der Waals surface area contributed by atoms with E-state index in [2.05, 4.69) is 15.5 Å². The van der Waals surface area contributed by atoms with E-state index in [0.29, 0.717) is 17.1 Å². The van der Waals surface area contributed by atoms with Crippen LogP contribution in [0.2, 0.25) is 5.02 Å². The van der Waals surface area contributed by atoms with Crippen molar-refractivity contribution in [2.24, 2.45) is 0 Å². The molecule has 0 spiro atoms. The van der Waals surface area contributed by atoms with Gasteiger partial charge in [0.2, 0.25) is 5.91 Å². The summed E-state index contributed by atoms with van der Waals surface area (Å²) in [4.78, 5) is 27.0. The van der Waals surface area contributed by atoms with Crippen molar-refractivity contribution in [3.63, 3.8) is 0 Å². The topological polar surface area (TPSA) is 70.7 Å². The monoisotopic (exact) mass is 429 g/mol. The van der Waals surface area contributed by atoms with Crippen LogP contribution in [0.5, 0.6) is 5.75 Å². The molecule has 1 atom stereocenters. The van der Waals surface area contributed by atoms with Crippen LogP contribution >= 0.6 is 11.6 Å². The van der Waals surface area contributed by atoms with Crippen molar-refractivity contribution >= 4 is 23.4 Å². The lowest BCUT2D eigenvalue weighted by atomic mass is 10.0. The van der Waals surface area contributed by atoms with Gasteiger partial charge in [-0.2, -0.15) is 0 Å². The lowest BCUT2D eigenvalue weighted by Gasteiger charge is -2.35. The Hall–Kier alpha value is -2.57. The molecule has 0 bridgehead atoms. The largest absolute Gasteiger partial charge is 0.497 e. The third-order valence-corrected chi connectivity index (χ3v) is 5.56. The van der Waals surface area contributed by atoms with Crippen LogP contribution in [0.1, 0.15) is 41.2 Å². The number of rotatable bonds is 8. The average molecular weight is 430 g/mol. The van der Waals surface area contributed by atoms with Crippen LogP contribution < -0.4 is 15.4 Å². The van der Waals surface area contributed by atoms with E-state index in [9.17, 15) is 9.59 Å². The maximum absolute atomic E-state index is 12.4. The van der Waals surface area contributed by atoms with Crippen LogP contribution in [-0.2, 0) is 4.79 Å². The fourth-order valence-corrected chi connectivity index (χ4v) is 3.87. The Labute approximate surface area is 182 Å². The van der Waals surface area contributed by atoms with Gasteiger partial charge in [0.05, 0.1) is 19.7 Å². The number of benzene rings is 2. The molecule has 0 aliphatic carbocycles. The van der Waals surface area contributed by atoms with Crippen molar-refractivity contribution in [3.8, 4) is 5.75 Å². The van der Waals surface area contributed by atoms with E-state index in [0.717, 1.165) is 37.2 Å². The summed E-state index contributed by atoms with van der Waals surface area (Å²) in [5.74, 6) is 0.264. The van der Waals surface area contributed by atoms with E-state index in [1.807, 2.05) is 24.3 Å². The van der Waals surface area contributed by atoms with E-state index in [1.165, 1.54) is 6.42 Å². The van der Waals surface area contributed by atoms with Gasteiger partial charge in [-0.3, -0.25) is 14.5 Å². The van der Waals surface area contributed by atoms with Gasteiger partial charge in [-0.05, 0) is 61.8 Å². The molecule has 1 fully saturated rings. The van der Waals surface area contributed by atoms with Gasteiger partial charge in [0.1, 0.15) is 5.75 Å². The molecule has 1 unspecified atom stereocenters. The van der Waals surface area contributed by atoms with E-state index in [4.69, 9.17) is 16.3 Å². The number of amides is 2. The Morgan fingerprint density at radius 2 is 1.80 bits per heavy atom. The number of piperidine rings is 1. The summed E-state index contributed by atoms with van der Waals surface area (Å²) in [6.45, 7) is 2.43. The minimum absolute atomic E-state index is 0.0827. The molecule has 2 N–H and O–H groups in total. The zero-order valence-electron chi connectivity index (χ0n) is 17.2. The standard InChI is InChI=1S/C23H28ClN3O3/c1-30-20-10-8-17(9-11-20)21(27-12-3-2-4-13-27)15-25-22(28)16-26-23(29)18-6-5-7-19(24)14-18/h5-11,14,21H,2-4,12-13,15-16H2,1H3,(H,25,28)(H,26,29). The first-order valence-corrected chi connectivity index (χ1v) is 10.6. The maximum Gasteiger partial charge on any atom is 0.251 e. The van der Waals surface area contributed by atoms with Crippen molar-refractivity contribution < 1.29 is 14.3 Å². The summed E-state index contributed by atoms with van der Waals surface area (Å²) < 4.78 is 5.26. The molecular formula is C23H28ClN3O3.